The molecule has 4 aromatic heterocycles. The molecular weight excluding hydrogens is 917 g/mol. The lowest BCUT2D eigenvalue weighted by Crippen LogP contribution is -2.00. The van der Waals surface area contributed by atoms with Crippen molar-refractivity contribution in [1.82, 2.24) is 19.5 Å². The Morgan fingerprint density at radius 3 is 1.41 bits per heavy atom. The average molecular weight is 959 g/mol. The van der Waals surface area contributed by atoms with Crippen LogP contribution < -0.4 is 0 Å². The van der Waals surface area contributed by atoms with Crippen molar-refractivity contribution in [3.8, 4) is 84.4 Å². The van der Waals surface area contributed by atoms with Gasteiger partial charge in [0.15, 0.2) is 17.5 Å². The Morgan fingerprint density at radius 1 is 0.240 bits per heavy atom. The first-order valence-electron chi connectivity index (χ1n) is 25.2. The summed E-state index contributed by atoms with van der Waals surface area (Å²) in [4.78, 5) is 15.1. The van der Waals surface area contributed by atoms with E-state index in [9.17, 15) is 0 Å². The van der Waals surface area contributed by atoms with Crippen LogP contribution >= 0.6 is 0 Å². The lowest BCUT2D eigenvalue weighted by molar-refractivity contribution is 0.668. The van der Waals surface area contributed by atoms with E-state index >= 15 is 0 Å². The largest absolute Gasteiger partial charge is 0.456 e. The quantitative estimate of drug-likeness (QED) is 0.152. The van der Waals surface area contributed by atoms with Crippen LogP contribution in [-0.4, -0.2) is 19.5 Å². The highest BCUT2D eigenvalue weighted by Crippen LogP contribution is 2.42. The molecule has 0 bridgehead atoms. The summed E-state index contributed by atoms with van der Waals surface area (Å²) in [6.45, 7) is 0. The maximum Gasteiger partial charge on any atom is 0.164 e. The van der Waals surface area contributed by atoms with Gasteiger partial charge in [0.1, 0.15) is 22.3 Å². The van der Waals surface area contributed by atoms with Crippen molar-refractivity contribution in [3.05, 3.63) is 255 Å². The normalized spacial score (nSPS) is 11.7. The molecule has 350 valence electrons. The highest BCUT2D eigenvalue weighted by atomic mass is 16.3. The number of hydrogen-bond donors (Lipinski definition) is 0. The standard InChI is InChI=1S/C69H42N4O2/c1-4-14-43(15-5-1)45-26-28-47(29-27-45)68-70-67(46-18-8-3-9-19-46)71-69(72-68)53-30-34-55-57-40-51(32-36-62(57)75-65(55)42-53)48-20-12-21-49(38-48)52-33-37-63-58(41-52)66-61(24-13-25-64(66)74-63)73-59-23-11-10-22-54(59)56-39-50(31-35-60(56)73)44-16-6-2-7-17-44/h1-42H. The van der Waals surface area contributed by atoms with Gasteiger partial charge >= 0.3 is 0 Å². The topological polar surface area (TPSA) is 69.9 Å². The number of furan rings is 2. The van der Waals surface area contributed by atoms with Gasteiger partial charge < -0.3 is 13.4 Å². The number of benzene rings is 11. The molecule has 0 aliphatic rings. The molecule has 6 nitrogen and oxygen atoms in total. The Bertz CT molecular complexity index is 4690. The molecule has 0 amide bonds. The van der Waals surface area contributed by atoms with Gasteiger partial charge in [0.05, 0.1) is 22.1 Å². The molecule has 15 rings (SSSR count). The first kappa shape index (κ1) is 42.5. The van der Waals surface area contributed by atoms with Gasteiger partial charge in [-0.15, -0.1) is 0 Å². The second kappa shape index (κ2) is 17.3. The third-order valence-corrected chi connectivity index (χ3v) is 14.7. The fourth-order valence-corrected chi connectivity index (χ4v) is 11.0. The Morgan fingerprint density at radius 2 is 0.693 bits per heavy atom. The minimum absolute atomic E-state index is 0.577. The Balaban J connectivity index is 0.781. The minimum atomic E-state index is 0.577. The van der Waals surface area contributed by atoms with Crippen molar-refractivity contribution < 1.29 is 8.83 Å². The molecule has 0 atom stereocenters. The molecule has 0 aliphatic heterocycles. The second-order valence-corrected chi connectivity index (χ2v) is 19.1. The van der Waals surface area contributed by atoms with E-state index in [0.717, 1.165) is 111 Å². The first-order valence-corrected chi connectivity index (χ1v) is 25.2. The van der Waals surface area contributed by atoms with Crippen molar-refractivity contribution in [2.24, 2.45) is 0 Å². The minimum Gasteiger partial charge on any atom is -0.456 e. The fraction of sp³-hybridized carbons (Fsp3) is 0. The molecule has 75 heavy (non-hydrogen) atoms. The molecule has 0 radical (unpaired) electrons. The van der Waals surface area contributed by atoms with Crippen LogP contribution in [0.1, 0.15) is 0 Å². The lowest BCUT2D eigenvalue weighted by atomic mass is 9.97. The third-order valence-electron chi connectivity index (χ3n) is 14.7. The highest BCUT2D eigenvalue weighted by Gasteiger charge is 2.20. The van der Waals surface area contributed by atoms with Crippen LogP contribution in [0, 0.1) is 0 Å². The van der Waals surface area contributed by atoms with Crippen molar-refractivity contribution in [3.63, 3.8) is 0 Å². The summed E-state index contributed by atoms with van der Waals surface area (Å²) >= 11 is 0. The number of hydrogen-bond acceptors (Lipinski definition) is 5. The van der Waals surface area contributed by atoms with Gasteiger partial charge in [0.2, 0.25) is 0 Å². The zero-order chi connectivity index (χ0) is 49.4. The van der Waals surface area contributed by atoms with Crippen LogP contribution in [-0.2, 0) is 0 Å². The van der Waals surface area contributed by atoms with Gasteiger partial charge in [-0.25, -0.2) is 15.0 Å². The Hall–Kier alpha value is -10.2. The number of rotatable bonds is 8. The predicted molar refractivity (Wildman–Crippen MR) is 307 cm³/mol. The highest BCUT2D eigenvalue weighted by molar-refractivity contribution is 6.15. The maximum absolute atomic E-state index is 6.61. The summed E-state index contributed by atoms with van der Waals surface area (Å²) < 4.78 is 15.6. The Kier molecular flexibility index (Phi) is 9.78. The van der Waals surface area contributed by atoms with E-state index in [1.54, 1.807) is 0 Å². The van der Waals surface area contributed by atoms with Crippen LogP contribution in [0.2, 0.25) is 0 Å². The van der Waals surface area contributed by atoms with E-state index in [1.807, 2.05) is 42.5 Å². The molecule has 6 heteroatoms. The SMILES string of the molecule is c1ccc(-c2ccc(-c3nc(-c4ccccc4)nc(-c4ccc5c(c4)oc4ccc(-c6cccc(-c7ccc8oc9cccc(-n%10c%11ccccc%11c%11cc(-c%12ccccc%12)ccc%11%10)c9c8c7)c6)cc45)n3)cc2)cc1. The van der Waals surface area contributed by atoms with Crippen molar-refractivity contribution >= 4 is 65.7 Å². The predicted octanol–water partition coefficient (Wildman–Crippen LogP) is 18.4. The second-order valence-electron chi connectivity index (χ2n) is 19.1. The smallest absolute Gasteiger partial charge is 0.164 e. The summed E-state index contributed by atoms with van der Waals surface area (Å²) in [5.41, 5.74) is 18.5. The summed E-state index contributed by atoms with van der Waals surface area (Å²) in [5, 5.41) is 6.65. The monoisotopic (exact) mass is 958 g/mol. The van der Waals surface area contributed by atoms with Crippen molar-refractivity contribution in [2.45, 2.75) is 0 Å². The van der Waals surface area contributed by atoms with E-state index in [4.69, 9.17) is 23.8 Å². The zero-order valence-corrected chi connectivity index (χ0v) is 40.4. The van der Waals surface area contributed by atoms with E-state index in [2.05, 4.69) is 217 Å². The summed E-state index contributed by atoms with van der Waals surface area (Å²) in [5.74, 6) is 1.79. The number of nitrogens with zero attached hydrogens (tertiary/aromatic N) is 4. The first-order chi connectivity index (χ1) is 37.1. The molecule has 0 aliphatic carbocycles. The molecule has 0 saturated heterocycles. The van der Waals surface area contributed by atoms with E-state index in [1.165, 1.54) is 21.9 Å². The molecular formula is C69H42N4O2. The molecule has 0 spiro atoms. The van der Waals surface area contributed by atoms with Gasteiger partial charge in [-0.1, -0.05) is 182 Å². The van der Waals surface area contributed by atoms with Crippen molar-refractivity contribution in [1.29, 1.82) is 0 Å². The molecule has 0 saturated carbocycles. The molecule has 11 aromatic carbocycles. The molecule has 0 fully saturated rings. The summed E-state index contributed by atoms with van der Waals surface area (Å²) in [7, 11) is 0. The van der Waals surface area contributed by atoms with Crippen LogP contribution in [0.25, 0.3) is 150 Å². The van der Waals surface area contributed by atoms with Gasteiger partial charge in [-0.05, 0) is 117 Å². The molecule has 4 heterocycles. The number of para-hydroxylation sites is 1. The van der Waals surface area contributed by atoms with Crippen molar-refractivity contribution in [2.75, 3.05) is 0 Å². The maximum atomic E-state index is 6.61. The van der Waals surface area contributed by atoms with Crippen LogP contribution in [0.5, 0.6) is 0 Å². The summed E-state index contributed by atoms with van der Waals surface area (Å²) in [6.07, 6.45) is 0. The average Bonchev–Trinajstić information content (AvgIpc) is 4.21. The Labute approximate surface area is 431 Å². The van der Waals surface area contributed by atoms with Crippen LogP contribution in [0.3, 0.4) is 0 Å². The number of fused-ring (bicyclic) bond motifs is 9. The lowest BCUT2D eigenvalue weighted by Gasteiger charge is -2.10. The van der Waals surface area contributed by atoms with Gasteiger partial charge in [-0.3, -0.25) is 0 Å². The van der Waals surface area contributed by atoms with Gasteiger partial charge in [-0.2, -0.15) is 0 Å². The molecule has 15 aromatic rings. The molecule has 0 unspecified atom stereocenters. The number of aromatic nitrogens is 4. The molecule has 0 N–H and O–H groups in total. The fourth-order valence-electron chi connectivity index (χ4n) is 11.0. The van der Waals surface area contributed by atoms with Gasteiger partial charge in [0, 0.05) is 43.6 Å². The van der Waals surface area contributed by atoms with Crippen LogP contribution in [0.15, 0.2) is 264 Å². The van der Waals surface area contributed by atoms with E-state index in [-0.39, 0.29) is 0 Å². The van der Waals surface area contributed by atoms with Gasteiger partial charge in [0.25, 0.3) is 0 Å². The zero-order valence-electron chi connectivity index (χ0n) is 40.4. The van der Waals surface area contributed by atoms with Crippen LogP contribution in [0.4, 0.5) is 0 Å². The summed E-state index contributed by atoms with van der Waals surface area (Å²) in [6, 6.07) is 89.4. The third kappa shape index (κ3) is 7.30. The van der Waals surface area contributed by atoms with E-state index < -0.39 is 0 Å². The van der Waals surface area contributed by atoms with E-state index in [0.29, 0.717) is 17.5 Å².